The second-order valence-electron chi connectivity index (χ2n) is 6.80. The lowest BCUT2D eigenvalue weighted by Gasteiger charge is -2.25. The molecule has 2 aliphatic rings. The van der Waals surface area contributed by atoms with Gasteiger partial charge in [-0.2, -0.15) is 0 Å². The number of aromatic nitrogens is 1. The number of aryl methyl sites for hydroxylation is 1. The van der Waals surface area contributed by atoms with Crippen molar-refractivity contribution < 1.29 is 9.90 Å². The number of benzene rings is 1. The maximum atomic E-state index is 13.1. The van der Waals surface area contributed by atoms with Crippen LogP contribution in [0.25, 0.3) is 0 Å². The van der Waals surface area contributed by atoms with E-state index in [4.69, 9.17) is 0 Å². The number of anilines is 1. The first kappa shape index (κ1) is 15.9. The summed E-state index contributed by atoms with van der Waals surface area (Å²) in [6.07, 6.45) is 4.41. The van der Waals surface area contributed by atoms with Gasteiger partial charge in [0.2, 0.25) is 5.91 Å². The molecule has 1 atom stereocenters. The number of hydrogen-bond acceptors (Lipinski definition) is 4. The highest BCUT2D eigenvalue weighted by Gasteiger charge is 2.34. The number of hydrogen-bond donors (Lipinski definition) is 1. The zero-order chi connectivity index (χ0) is 17.2. The molecule has 0 spiro atoms. The van der Waals surface area contributed by atoms with E-state index in [1.807, 2.05) is 35.2 Å². The second kappa shape index (κ2) is 6.75. The number of carbonyl (C=O) groups excluding carboxylic acids is 1. The summed E-state index contributed by atoms with van der Waals surface area (Å²) in [6, 6.07) is 11.5. The van der Waals surface area contributed by atoms with Crippen molar-refractivity contribution in [2.45, 2.75) is 25.2 Å². The standard InChI is InChI=1S/C20H23N3O2/c24-17-6-3-5-15-8-9-16(19(15)17)20(25)23-12-4-11-22(13-14-23)18-7-1-2-10-21-18/h1-3,5-7,10,16,24H,4,8-9,11-14H2. The van der Waals surface area contributed by atoms with Crippen LogP contribution in [0.3, 0.4) is 0 Å². The normalized spacial score (nSPS) is 20.2. The highest BCUT2D eigenvalue weighted by atomic mass is 16.3. The second-order valence-corrected chi connectivity index (χ2v) is 6.80. The molecule has 1 aliphatic heterocycles. The van der Waals surface area contributed by atoms with Crippen LogP contribution in [0.1, 0.15) is 29.9 Å². The fourth-order valence-electron chi connectivity index (χ4n) is 4.04. The Hall–Kier alpha value is -2.56. The first-order valence-electron chi connectivity index (χ1n) is 8.99. The van der Waals surface area contributed by atoms with Gasteiger partial charge in [0.05, 0.1) is 5.92 Å². The molecule has 5 heteroatoms. The molecule has 1 aromatic carbocycles. The van der Waals surface area contributed by atoms with Gasteiger partial charge in [-0.1, -0.05) is 18.2 Å². The van der Waals surface area contributed by atoms with Gasteiger partial charge >= 0.3 is 0 Å². The molecule has 130 valence electrons. The molecule has 1 saturated heterocycles. The Labute approximate surface area is 147 Å². The Morgan fingerprint density at radius 1 is 1.08 bits per heavy atom. The van der Waals surface area contributed by atoms with E-state index in [0.717, 1.165) is 55.8 Å². The fourth-order valence-corrected chi connectivity index (χ4v) is 4.04. The molecule has 0 saturated carbocycles. The molecule has 0 bridgehead atoms. The summed E-state index contributed by atoms with van der Waals surface area (Å²) in [5, 5.41) is 10.2. The first-order chi connectivity index (χ1) is 12.2. The van der Waals surface area contributed by atoms with E-state index in [1.165, 1.54) is 0 Å². The minimum absolute atomic E-state index is 0.156. The van der Waals surface area contributed by atoms with Crippen LogP contribution in [0.4, 0.5) is 5.82 Å². The minimum Gasteiger partial charge on any atom is -0.508 e. The number of rotatable bonds is 2. The van der Waals surface area contributed by atoms with Crippen LogP contribution < -0.4 is 4.90 Å². The van der Waals surface area contributed by atoms with Crippen molar-refractivity contribution in [2.24, 2.45) is 0 Å². The average molecular weight is 337 g/mol. The van der Waals surface area contributed by atoms with Gasteiger partial charge in [0.25, 0.3) is 0 Å². The van der Waals surface area contributed by atoms with Crippen molar-refractivity contribution in [3.05, 3.63) is 53.7 Å². The first-order valence-corrected chi connectivity index (χ1v) is 8.99. The van der Waals surface area contributed by atoms with Crippen LogP contribution in [0, 0.1) is 0 Å². The molecular formula is C20H23N3O2. The molecular weight excluding hydrogens is 314 g/mol. The molecule has 1 unspecified atom stereocenters. The lowest BCUT2D eigenvalue weighted by atomic mass is 9.98. The fraction of sp³-hybridized carbons (Fsp3) is 0.400. The van der Waals surface area contributed by atoms with Crippen LogP contribution in [0.15, 0.2) is 42.6 Å². The lowest BCUT2D eigenvalue weighted by molar-refractivity contribution is -0.132. The monoisotopic (exact) mass is 337 g/mol. The van der Waals surface area contributed by atoms with Gasteiger partial charge in [-0.15, -0.1) is 0 Å². The summed E-state index contributed by atoms with van der Waals surface area (Å²) in [5.41, 5.74) is 1.96. The molecule has 2 aromatic rings. The van der Waals surface area contributed by atoms with Crippen molar-refractivity contribution in [1.29, 1.82) is 0 Å². The van der Waals surface area contributed by atoms with Gasteiger partial charge in [-0.25, -0.2) is 4.98 Å². The van der Waals surface area contributed by atoms with E-state index in [2.05, 4.69) is 9.88 Å². The Morgan fingerprint density at radius 3 is 2.84 bits per heavy atom. The van der Waals surface area contributed by atoms with Gasteiger partial charge in [-0.3, -0.25) is 4.79 Å². The maximum Gasteiger partial charge on any atom is 0.230 e. The van der Waals surface area contributed by atoms with E-state index < -0.39 is 0 Å². The van der Waals surface area contributed by atoms with E-state index >= 15 is 0 Å². The summed E-state index contributed by atoms with van der Waals surface area (Å²) >= 11 is 0. The zero-order valence-electron chi connectivity index (χ0n) is 14.3. The van der Waals surface area contributed by atoms with Gasteiger partial charge < -0.3 is 14.9 Å². The topological polar surface area (TPSA) is 56.7 Å². The van der Waals surface area contributed by atoms with Crippen LogP contribution in [-0.4, -0.2) is 47.1 Å². The third-order valence-electron chi connectivity index (χ3n) is 5.30. The largest absolute Gasteiger partial charge is 0.508 e. The number of carbonyl (C=O) groups is 1. The molecule has 2 heterocycles. The van der Waals surface area contributed by atoms with Crippen molar-refractivity contribution in [2.75, 3.05) is 31.1 Å². The molecule has 1 N–H and O–H groups in total. The molecule has 5 nitrogen and oxygen atoms in total. The summed E-state index contributed by atoms with van der Waals surface area (Å²) in [6.45, 7) is 3.17. The number of pyridine rings is 1. The molecule has 0 radical (unpaired) electrons. The van der Waals surface area contributed by atoms with Crippen molar-refractivity contribution in [3.63, 3.8) is 0 Å². The Balaban J connectivity index is 1.48. The Bertz CT molecular complexity index is 763. The summed E-state index contributed by atoms with van der Waals surface area (Å²) < 4.78 is 0. The van der Waals surface area contributed by atoms with E-state index in [-0.39, 0.29) is 17.6 Å². The van der Waals surface area contributed by atoms with E-state index in [1.54, 1.807) is 12.3 Å². The number of fused-ring (bicyclic) bond motifs is 1. The number of amides is 1. The van der Waals surface area contributed by atoms with E-state index in [0.29, 0.717) is 6.54 Å². The third kappa shape index (κ3) is 3.06. The zero-order valence-corrected chi connectivity index (χ0v) is 14.3. The van der Waals surface area contributed by atoms with Crippen LogP contribution in [0.5, 0.6) is 5.75 Å². The molecule has 1 aromatic heterocycles. The number of phenols is 1. The highest BCUT2D eigenvalue weighted by Crippen LogP contribution is 2.40. The highest BCUT2D eigenvalue weighted by molar-refractivity contribution is 5.86. The summed E-state index contributed by atoms with van der Waals surface area (Å²) in [5.74, 6) is 1.19. The van der Waals surface area contributed by atoms with Gasteiger partial charge in [0.1, 0.15) is 11.6 Å². The molecule has 1 amide bonds. The smallest absolute Gasteiger partial charge is 0.230 e. The SMILES string of the molecule is O=C(C1CCc2cccc(O)c21)N1CCCN(c2ccccn2)CC1. The third-order valence-corrected chi connectivity index (χ3v) is 5.30. The maximum absolute atomic E-state index is 13.1. The molecule has 1 aliphatic carbocycles. The number of nitrogens with zero attached hydrogens (tertiary/aromatic N) is 3. The number of phenolic OH excluding ortho intramolecular Hbond substituents is 1. The Morgan fingerprint density at radius 2 is 2.00 bits per heavy atom. The molecule has 1 fully saturated rings. The minimum atomic E-state index is -0.197. The van der Waals surface area contributed by atoms with Crippen molar-refractivity contribution in [1.82, 2.24) is 9.88 Å². The van der Waals surface area contributed by atoms with Crippen LogP contribution >= 0.6 is 0 Å². The predicted molar refractivity (Wildman–Crippen MR) is 96.8 cm³/mol. The predicted octanol–water partition coefficient (Wildman–Crippen LogP) is 2.56. The van der Waals surface area contributed by atoms with Gasteiger partial charge in [0.15, 0.2) is 0 Å². The molecule has 4 rings (SSSR count). The quantitative estimate of drug-likeness (QED) is 0.915. The molecule has 25 heavy (non-hydrogen) atoms. The van der Waals surface area contributed by atoms with Crippen molar-refractivity contribution >= 4 is 11.7 Å². The van der Waals surface area contributed by atoms with Crippen molar-refractivity contribution in [3.8, 4) is 5.75 Å². The summed E-state index contributed by atoms with van der Waals surface area (Å²) in [4.78, 5) is 21.7. The number of aromatic hydroxyl groups is 1. The van der Waals surface area contributed by atoms with Crippen LogP contribution in [0.2, 0.25) is 0 Å². The summed E-state index contributed by atoms with van der Waals surface area (Å²) in [7, 11) is 0. The van der Waals surface area contributed by atoms with Gasteiger partial charge in [0, 0.05) is 37.9 Å². The van der Waals surface area contributed by atoms with E-state index in [9.17, 15) is 9.90 Å². The van der Waals surface area contributed by atoms with Gasteiger partial charge in [-0.05, 0) is 43.0 Å². The lowest BCUT2D eigenvalue weighted by Crippen LogP contribution is -2.38. The van der Waals surface area contributed by atoms with Crippen LogP contribution in [-0.2, 0) is 11.2 Å². The Kier molecular flexibility index (Phi) is 4.30. The average Bonchev–Trinajstić information content (AvgIpc) is 2.93.